The number of anilines is 1. The summed E-state index contributed by atoms with van der Waals surface area (Å²) in [5, 5.41) is 3.10. The molecule has 2 amide bonds. The maximum Gasteiger partial charge on any atom is 0.264 e. The molecule has 1 aliphatic rings. The lowest BCUT2D eigenvalue weighted by molar-refractivity contribution is -0.139. The van der Waals surface area contributed by atoms with Gasteiger partial charge in [-0.1, -0.05) is 64.7 Å². The van der Waals surface area contributed by atoms with E-state index in [1.54, 1.807) is 43.3 Å². The number of hydrogen-bond donors (Lipinski definition) is 1. The monoisotopic (exact) mass is 639 g/mol. The van der Waals surface area contributed by atoms with Gasteiger partial charge in [-0.05, 0) is 93.6 Å². The van der Waals surface area contributed by atoms with Crippen molar-refractivity contribution in [2.75, 3.05) is 10.8 Å². The molecule has 9 heteroatoms. The molecule has 0 aliphatic heterocycles. The van der Waals surface area contributed by atoms with E-state index in [4.69, 9.17) is 0 Å². The highest BCUT2D eigenvalue weighted by atomic mass is 79.9. The van der Waals surface area contributed by atoms with Crippen molar-refractivity contribution in [2.24, 2.45) is 0 Å². The van der Waals surface area contributed by atoms with Crippen LogP contribution in [0.5, 0.6) is 0 Å². The summed E-state index contributed by atoms with van der Waals surface area (Å²) in [7, 11) is -4.10. The molecule has 0 saturated heterocycles. The van der Waals surface area contributed by atoms with E-state index in [9.17, 15) is 18.0 Å². The molecule has 1 N–H and O–H groups in total. The van der Waals surface area contributed by atoms with E-state index in [1.807, 2.05) is 51.1 Å². The maximum atomic E-state index is 14.1. The first-order valence-electron chi connectivity index (χ1n) is 14.0. The van der Waals surface area contributed by atoms with Gasteiger partial charge in [0.15, 0.2) is 0 Å². The van der Waals surface area contributed by atoms with Crippen LogP contribution in [0.4, 0.5) is 5.69 Å². The van der Waals surface area contributed by atoms with Crippen LogP contribution in [0.15, 0.2) is 76.1 Å². The van der Waals surface area contributed by atoms with Gasteiger partial charge < -0.3 is 10.2 Å². The molecule has 0 aromatic heterocycles. The van der Waals surface area contributed by atoms with Gasteiger partial charge in [-0.3, -0.25) is 13.9 Å². The number of sulfonamides is 1. The Kier molecular flexibility index (Phi) is 9.92. The second-order valence-corrected chi connectivity index (χ2v) is 13.8. The molecule has 0 spiro atoms. The van der Waals surface area contributed by atoms with E-state index in [0.29, 0.717) is 5.69 Å². The largest absolute Gasteiger partial charge is 0.352 e. The van der Waals surface area contributed by atoms with Crippen LogP contribution in [0.25, 0.3) is 0 Å². The lowest BCUT2D eigenvalue weighted by atomic mass is 10.1. The Morgan fingerprint density at radius 1 is 0.927 bits per heavy atom. The number of benzene rings is 3. The average Bonchev–Trinajstić information content (AvgIpc) is 3.42. The summed E-state index contributed by atoms with van der Waals surface area (Å²) in [6.07, 6.45) is 3.99. The third-order valence-electron chi connectivity index (χ3n) is 7.49. The Balaban J connectivity index is 1.71. The quantitative estimate of drug-likeness (QED) is 0.293. The first-order valence-corrected chi connectivity index (χ1v) is 16.2. The zero-order chi connectivity index (χ0) is 29.7. The second-order valence-electron chi connectivity index (χ2n) is 11.0. The Labute approximate surface area is 252 Å². The molecule has 3 aromatic rings. The Bertz CT molecular complexity index is 1480. The fourth-order valence-electron chi connectivity index (χ4n) is 5.27. The van der Waals surface area contributed by atoms with Crippen LogP contribution < -0.4 is 9.62 Å². The molecule has 1 saturated carbocycles. The number of rotatable bonds is 10. The fourth-order valence-corrected chi connectivity index (χ4v) is 7.11. The van der Waals surface area contributed by atoms with Gasteiger partial charge in [-0.25, -0.2) is 8.42 Å². The zero-order valence-electron chi connectivity index (χ0n) is 24.1. The van der Waals surface area contributed by atoms with Crippen LogP contribution in [0, 0.1) is 20.8 Å². The number of amides is 2. The molecule has 0 heterocycles. The van der Waals surface area contributed by atoms with Gasteiger partial charge in [0, 0.05) is 17.1 Å². The van der Waals surface area contributed by atoms with Crippen LogP contribution in [-0.4, -0.2) is 43.8 Å². The summed E-state index contributed by atoms with van der Waals surface area (Å²) in [6, 6.07) is 18.9. The molecule has 1 atom stereocenters. The summed E-state index contributed by atoms with van der Waals surface area (Å²) in [5.41, 5.74) is 3.92. The van der Waals surface area contributed by atoms with Gasteiger partial charge in [0.25, 0.3) is 10.0 Å². The van der Waals surface area contributed by atoms with Crippen LogP contribution in [0.3, 0.4) is 0 Å². The average molecular weight is 641 g/mol. The minimum atomic E-state index is -4.10. The van der Waals surface area contributed by atoms with E-state index in [-0.39, 0.29) is 23.4 Å². The zero-order valence-corrected chi connectivity index (χ0v) is 26.5. The molecule has 7 nitrogen and oxygen atoms in total. The molecule has 0 radical (unpaired) electrons. The van der Waals surface area contributed by atoms with Crippen molar-refractivity contribution in [3.05, 3.63) is 93.5 Å². The summed E-state index contributed by atoms with van der Waals surface area (Å²) in [6.45, 7) is 7.08. The smallest absolute Gasteiger partial charge is 0.264 e. The molecule has 0 bridgehead atoms. The Morgan fingerprint density at radius 3 is 2.17 bits per heavy atom. The van der Waals surface area contributed by atoms with Crippen LogP contribution in [-0.2, 0) is 26.2 Å². The first-order chi connectivity index (χ1) is 19.4. The highest BCUT2D eigenvalue weighted by molar-refractivity contribution is 9.10. The molecular formula is C32H38BrN3O4S. The molecule has 1 fully saturated rings. The third-order valence-corrected chi connectivity index (χ3v) is 9.77. The van der Waals surface area contributed by atoms with Gasteiger partial charge in [0.2, 0.25) is 11.8 Å². The van der Waals surface area contributed by atoms with Crippen LogP contribution >= 0.6 is 15.9 Å². The topological polar surface area (TPSA) is 86.8 Å². The SMILES string of the molecule is Cc1ccc(S(=O)(=O)N(CC(=O)N(Cc2cccc(Br)c2)C(C)C(=O)NC2CCCC2)c2cc(C)cc(C)c2)cc1. The van der Waals surface area contributed by atoms with Crippen LogP contribution in [0.2, 0.25) is 0 Å². The van der Waals surface area contributed by atoms with Crippen molar-refractivity contribution >= 4 is 43.5 Å². The summed E-state index contributed by atoms with van der Waals surface area (Å²) >= 11 is 3.48. The van der Waals surface area contributed by atoms with Crippen molar-refractivity contribution < 1.29 is 18.0 Å². The van der Waals surface area contributed by atoms with E-state index in [1.165, 1.54) is 4.90 Å². The fraction of sp³-hybridized carbons (Fsp3) is 0.375. The highest BCUT2D eigenvalue weighted by Crippen LogP contribution is 2.27. The number of carbonyl (C=O) groups excluding carboxylic acids is 2. The molecule has 218 valence electrons. The number of aryl methyl sites for hydroxylation is 3. The number of halogens is 1. The first kappa shape index (κ1) is 30.8. The predicted octanol–water partition coefficient (Wildman–Crippen LogP) is 6.05. The molecule has 1 aliphatic carbocycles. The third kappa shape index (κ3) is 7.77. The van der Waals surface area contributed by atoms with Gasteiger partial charge in [0.1, 0.15) is 12.6 Å². The van der Waals surface area contributed by atoms with E-state index < -0.39 is 28.5 Å². The van der Waals surface area contributed by atoms with Gasteiger partial charge in [-0.15, -0.1) is 0 Å². The Morgan fingerprint density at radius 2 is 1.56 bits per heavy atom. The second kappa shape index (κ2) is 13.2. The van der Waals surface area contributed by atoms with Crippen molar-refractivity contribution in [3.63, 3.8) is 0 Å². The number of hydrogen-bond acceptors (Lipinski definition) is 4. The van der Waals surface area contributed by atoms with Gasteiger partial charge in [0.05, 0.1) is 10.6 Å². The van der Waals surface area contributed by atoms with Gasteiger partial charge >= 0.3 is 0 Å². The highest BCUT2D eigenvalue weighted by Gasteiger charge is 2.33. The van der Waals surface area contributed by atoms with Crippen molar-refractivity contribution in [2.45, 2.75) is 76.9 Å². The predicted molar refractivity (Wildman–Crippen MR) is 166 cm³/mol. The molecule has 3 aromatic carbocycles. The lowest BCUT2D eigenvalue weighted by Gasteiger charge is -2.32. The molecule has 1 unspecified atom stereocenters. The lowest BCUT2D eigenvalue weighted by Crippen LogP contribution is -2.52. The molecular weight excluding hydrogens is 602 g/mol. The molecule has 4 rings (SSSR count). The molecule has 41 heavy (non-hydrogen) atoms. The van der Waals surface area contributed by atoms with Gasteiger partial charge in [-0.2, -0.15) is 0 Å². The Hall–Kier alpha value is -3.17. The normalized spacial score (nSPS) is 14.5. The number of carbonyl (C=O) groups is 2. The minimum Gasteiger partial charge on any atom is -0.352 e. The minimum absolute atomic E-state index is 0.0978. The number of nitrogens with one attached hydrogen (secondary N) is 1. The van der Waals surface area contributed by atoms with Crippen LogP contribution in [0.1, 0.15) is 54.9 Å². The van der Waals surface area contributed by atoms with E-state index in [0.717, 1.165) is 56.7 Å². The summed E-state index contributed by atoms with van der Waals surface area (Å²) in [5.74, 6) is -0.700. The summed E-state index contributed by atoms with van der Waals surface area (Å²) in [4.78, 5) is 29.1. The van der Waals surface area contributed by atoms with Crippen molar-refractivity contribution in [1.29, 1.82) is 0 Å². The standard InChI is InChI=1S/C32H38BrN3O4S/c1-22-12-14-30(15-13-22)41(39,40)36(29-17-23(2)16-24(3)18-29)21-31(37)35(20-26-8-7-9-27(33)19-26)25(4)32(38)34-28-10-5-6-11-28/h7-9,12-19,25,28H,5-6,10-11,20-21H2,1-4H3,(H,34,38). The van der Waals surface area contributed by atoms with Crippen molar-refractivity contribution in [1.82, 2.24) is 10.2 Å². The number of nitrogens with zero attached hydrogens (tertiary/aromatic N) is 2. The van der Waals surface area contributed by atoms with Crippen molar-refractivity contribution in [3.8, 4) is 0 Å². The van der Waals surface area contributed by atoms with E-state index >= 15 is 0 Å². The maximum absolute atomic E-state index is 14.1. The summed E-state index contributed by atoms with van der Waals surface area (Å²) < 4.78 is 30.1. The van der Waals surface area contributed by atoms with E-state index in [2.05, 4.69) is 21.2 Å².